The van der Waals surface area contributed by atoms with Crippen molar-refractivity contribution in [1.29, 1.82) is 0 Å². The van der Waals surface area contributed by atoms with Gasteiger partial charge < -0.3 is 34.3 Å². The van der Waals surface area contributed by atoms with Gasteiger partial charge in [-0.15, -0.1) is 0 Å². The van der Waals surface area contributed by atoms with Crippen LogP contribution in [0.4, 0.5) is 5.69 Å². The highest BCUT2D eigenvalue weighted by Gasteiger charge is 2.20. The molecule has 0 radical (unpaired) electrons. The molecule has 4 aromatic carbocycles. The third-order valence-electron chi connectivity index (χ3n) is 9.94. The lowest BCUT2D eigenvalue weighted by molar-refractivity contribution is -0.118. The number of amides is 2. The fourth-order valence-corrected chi connectivity index (χ4v) is 6.49. The van der Waals surface area contributed by atoms with Gasteiger partial charge in [-0.25, -0.2) is 0 Å². The summed E-state index contributed by atoms with van der Waals surface area (Å²) >= 11 is 0. The fraction of sp³-hybridized carbons (Fsp3) is 0.562. The molecule has 2 N–H and O–H groups in total. The molecule has 0 saturated heterocycles. The average molecular weight is 1020 g/mol. The highest BCUT2D eigenvalue weighted by Crippen LogP contribution is 2.34. The Balaban J connectivity index is -0.000000397. The number of carbonyl (C=O) groups excluding carboxylic acids is 2. The van der Waals surface area contributed by atoms with Gasteiger partial charge in [-0.05, 0) is 76.8 Å². The highest BCUT2D eigenvalue weighted by molar-refractivity contribution is 5.97. The van der Waals surface area contributed by atoms with Crippen LogP contribution >= 0.6 is 0 Å². The number of nitrogens with one attached hydrogen (secondary N) is 2. The predicted molar refractivity (Wildman–Crippen MR) is 319 cm³/mol. The lowest BCUT2D eigenvalue weighted by Gasteiger charge is -2.19. The van der Waals surface area contributed by atoms with Crippen molar-refractivity contribution in [3.05, 3.63) is 112 Å². The van der Waals surface area contributed by atoms with Gasteiger partial charge in [0.05, 0.1) is 37.6 Å². The van der Waals surface area contributed by atoms with E-state index in [1.807, 2.05) is 165 Å². The summed E-state index contributed by atoms with van der Waals surface area (Å²) in [6.45, 7) is 52.8. The van der Waals surface area contributed by atoms with Gasteiger partial charge >= 0.3 is 0 Å². The van der Waals surface area contributed by atoms with Crippen LogP contribution in [0, 0.1) is 5.92 Å². The van der Waals surface area contributed by atoms with Crippen LogP contribution < -0.4 is 34.3 Å². The molecule has 4 aromatic rings. The maximum Gasteiger partial charge on any atom is 0.262 e. The molecule has 0 spiro atoms. The molecule has 2 amide bonds. The molecule has 8 rings (SSSR count). The molecule has 0 aliphatic carbocycles. The van der Waals surface area contributed by atoms with E-state index in [4.69, 9.17) is 23.7 Å². The SMILES string of the molecule is CC.CC.CC.CC.CC.CC.CC.CC.CC(C)C1=Cc2ccccc2OCC1.CC(C)c1ccc2c(c1)OCC(=O)N2.CC(C)c1ccc2c(c1)OCCCO2.CC(C)c1cccc2c1OCCNC2=O. The summed E-state index contributed by atoms with van der Waals surface area (Å²) in [6.07, 6.45) is 4.28. The van der Waals surface area contributed by atoms with E-state index >= 15 is 0 Å². The number of fused-ring (bicyclic) bond motifs is 4. The van der Waals surface area contributed by atoms with Gasteiger partial charge in [0.2, 0.25) is 0 Å². The standard InChI is InChI=1S/C13H16O.C12H15NO2.C12H16O2.C11H13NO2.8C2H6/c1-10(2)11-7-8-14-13-6-4-3-5-12(13)9-11;1-8(2)9-4-3-5-10-11(9)15-7-6-13-12(10)14;1-9(2)10-4-5-11-12(8-10)14-7-3-6-13-11;1-7(2)8-3-4-9-10(5-8)14-6-11(13)12-9;8*1-2/h3-6,9-10H,7-8H2,1-2H3;3-5,8H,6-7H2,1-2H3,(H,13,14);4-5,8-9H,3,6-7H2,1-2H3;3-5,7H,6H2,1-2H3,(H,12,13);8*1-2H3. The second-order valence-corrected chi connectivity index (χ2v) is 15.7. The van der Waals surface area contributed by atoms with E-state index in [1.54, 1.807) is 0 Å². The van der Waals surface area contributed by atoms with E-state index in [-0.39, 0.29) is 18.4 Å². The largest absolute Gasteiger partial charge is 0.493 e. The third-order valence-corrected chi connectivity index (χ3v) is 9.94. The summed E-state index contributed by atoms with van der Waals surface area (Å²) in [5, 5.41) is 5.56. The second-order valence-electron chi connectivity index (χ2n) is 15.7. The summed E-state index contributed by atoms with van der Waals surface area (Å²) in [6, 6.07) is 26.1. The van der Waals surface area contributed by atoms with Crippen molar-refractivity contribution in [3.63, 3.8) is 0 Å². The minimum absolute atomic E-state index is 0.0370. The fourth-order valence-electron chi connectivity index (χ4n) is 6.49. The predicted octanol–water partition coefficient (Wildman–Crippen LogP) is 18.8. The molecule has 0 atom stereocenters. The van der Waals surface area contributed by atoms with Gasteiger partial charge in [-0.3, -0.25) is 9.59 Å². The van der Waals surface area contributed by atoms with Crippen molar-refractivity contribution in [1.82, 2.24) is 5.32 Å². The van der Waals surface area contributed by atoms with Crippen LogP contribution in [-0.4, -0.2) is 51.4 Å². The molecule has 0 bridgehead atoms. The smallest absolute Gasteiger partial charge is 0.262 e. The Morgan fingerprint density at radius 3 is 1.56 bits per heavy atom. The average Bonchev–Trinajstić information content (AvgIpc) is 3.92. The number of anilines is 1. The van der Waals surface area contributed by atoms with Crippen LogP contribution in [0.15, 0.2) is 84.4 Å². The minimum Gasteiger partial charge on any atom is -0.493 e. The van der Waals surface area contributed by atoms with Gasteiger partial charge in [0, 0.05) is 18.4 Å². The Bertz CT molecular complexity index is 2000. The number of benzene rings is 4. The highest BCUT2D eigenvalue weighted by atomic mass is 16.5. The Morgan fingerprint density at radius 1 is 0.466 bits per heavy atom. The van der Waals surface area contributed by atoms with E-state index in [1.165, 1.54) is 22.3 Å². The summed E-state index contributed by atoms with van der Waals surface area (Å²) in [5.41, 5.74) is 7.74. The first-order chi connectivity index (χ1) is 35.4. The van der Waals surface area contributed by atoms with Gasteiger partial charge in [-0.1, -0.05) is 220 Å². The zero-order valence-electron chi connectivity index (χ0n) is 50.9. The molecule has 0 unspecified atom stereocenters. The Hall–Kier alpha value is -5.44. The molecular formula is C64H108N2O7. The topological polar surface area (TPSA) is 104 Å². The zero-order valence-corrected chi connectivity index (χ0v) is 50.9. The van der Waals surface area contributed by atoms with Crippen molar-refractivity contribution < 1.29 is 33.3 Å². The number of para-hydroxylation sites is 2. The quantitative estimate of drug-likeness (QED) is 0.210. The first-order valence-electron chi connectivity index (χ1n) is 28.3. The third kappa shape index (κ3) is 28.0. The van der Waals surface area contributed by atoms with E-state index in [0.29, 0.717) is 42.4 Å². The summed E-state index contributed by atoms with van der Waals surface area (Å²) in [5.74, 6) is 6.19. The van der Waals surface area contributed by atoms with Gasteiger partial charge in [0.25, 0.3) is 11.8 Å². The monoisotopic (exact) mass is 1020 g/mol. The molecule has 0 fully saturated rings. The lowest BCUT2D eigenvalue weighted by atomic mass is 9.98. The number of ether oxygens (including phenoxy) is 5. The number of hydrogen-bond acceptors (Lipinski definition) is 7. The maximum absolute atomic E-state index is 11.7. The number of hydrogen-bond donors (Lipinski definition) is 2. The second kappa shape index (κ2) is 47.6. The van der Waals surface area contributed by atoms with Crippen molar-refractivity contribution in [2.45, 2.75) is 197 Å². The van der Waals surface area contributed by atoms with Crippen molar-refractivity contribution >= 4 is 23.6 Å². The van der Waals surface area contributed by atoms with Crippen LogP contribution in [0.2, 0.25) is 0 Å². The van der Waals surface area contributed by atoms with E-state index < -0.39 is 0 Å². The van der Waals surface area contributed by atoms with Gasteiger partial charge in [0.15, 0.2) is 18.1 Å². The summed E-state index contributed by atoms with van der Waals surface area (Å²) in [4.78, 5) is 22.7. The van der Waals surface area contributed by atoms with Crippen LogP contribution in [0.5, 0.6) is 28.7 Å². The van der Waals surface area contributed by atoms with Crippen LogP contribution in [0.25, 0.3) is 6.08 Å². The number of carbonyl (C=O) groups is 2. The molecule has 73 heavy (non-hydrogen) atoms. The van der Waals surface area contributed by atoms with Gasteiger partial charge in [0.1, 0.15) is 23.9 Å². The number of rotatable bonds is 4. The van der Waals surface area contributed by atoms with Crippen LogP contribution in [-0.2, 0) is 4.79 Å². The summed E-state index contributed by atoms with van der Waals surface area (Å²) < 4.78 is 27.8. The molecule has 9 heteroatoms. The normalized spacial score (nSPS) is 12.5. The molecule has 4 aliphatic rings. The molecule has 416 valence electrons. The molecule has 4 aliphatic heterocycles. The first-order valence-corrected chi connectivity index (χ1v) is 28.3. The van der Waals surface area contributed by atoms with Gasteiger partial charge in [-0.2, -0.15) is 0 Å². The van der Waals surface area contributed by atoms with E-state index in [2.05, 4.69) is 96.4 Å². The Kier molecular flexibility index (Phi) is 48.3. The van der Waals surface area contributed by atoms with Crippen molar-refractivity contribution in [3.8, 4) is 28.7 Å². The lowest BCUT2D eigenvalue weighted by Crippen LogP contribution is -2.25. The van der Waals surface area contributed by atoms with Crippen LogP contribution in [0.1, 0.15) is 229 Å². The first kappa shape index (κ1) is 74.1. The summed E-state index contributed by atoms with van der Waals surface area (Å²) in [7, 11) is 0. The molecule has 9 nitrogen and oxygen atoms in total. The zero-order chi connectivity index (χ0) is 56.9. The van der Waals surface area contributed by atoms with Crippen LogP contribution in [0.3, 0.4) is 0 Å². The van der Waals surface area contributed by atoms with Crippen molar-refractivity contribution in [2.75, 3.05) is 44.9 Å². The van der Waals surface area contributed by atoms with Crippen molar-refractivity contribution in [2.24, 2.45) is 5.92 Å². The molecule has 4 heterocycles. The Morgan fingerprint density at radius 2 is 1.00 bits per heavy atom. The Labute approximate surface area is 449 Å². The molecule has 0 saturated carbocycles. The molecular weight excluding hydrogens is 909 g/mol. The van der Waals surface area contributed by atoms with E-state index in [9.17, 15) is 9.59 Å². The molecule has 0 aromatic heterocycles. The minimum atomic E-state index is -0.0882. The maximum atomic E-state index is 11.7. The van der Waals surface area contributed by atoms with E-state index in [0.717, 1.165) is 72.7 Å².